The first-order valence-electron chi connectivity index (χ1n) is 10.5. The predicted octanol–water partition coefficient (Wildman–Crippen LogP) is 3.29. The average molecular weight is 413 g/mol. The van der Waals surface area contributed by atoms with Gasteiger partial charge >= 0.3 is 0 Å². The van der Waals surface area contributed by atoms with Crippen LogP contribution in [0, 0.1) is 0 Å². The Morgan fingerprint density at radius 3 is 2.72 bits per heavy atom. The molecule has 0 amide bonds. The number of likely N-dealkylation sites (tertiary alicyclic amines) is 1. The number of hydrazone groups is 1. The maximum absolute atomic E-state index is 6.75. The number of ether oxygens (including phenoxy) is 2. The summed E-state index contributed by atoms with van der Waals surface area (Å²) in [7, 11) is 1.71. The Bertz CT molecular complexity index is 953. The summed E-state index contributed by atoms with van der Waals surface area (Å²) >= 11 is 6.51. The highest BCUT2D eigenvalue weighted by atomic mass is 35.5. The lowest BCUT2D eigenvalue weighted by atomic mass is 9.90. The summed E-state index contributed by atoms with van der Waals surface area (Å²) in [5.41, 5.74) is 2.77. The number of methoxy groups -OCH3 is 1. The van der Waals surface area contributed by atoms with E-state index in [4.69, 9.17) is 26.2 Å². The zero-order valence-electron chi connectivity index (χ0n) is 17.0. The molecule has 0 saturated carbocycles. The molecule has 29 heavy (non-hydrogen) atoms. The molecule has 2 aromatic rings. The quantitative estimate of drug-likeness (QED) is 0.840. The lowest BCUT2D eigenvalue weighted by Gasteiger charge is -2.50. The Labute approximate surface area is 176 Å². The van der Waals surface area contributed by atoms with E-state index in [0.29, 0.717) is 0 Å². The van der Waals surface area contributed by atoms with Gasteiger partial charge in [-0.15, -0.1) is 0 Å². The molecule has 1 fully saturated rings. The van der Waals surface area contributed by atoms with Gasteiger partial charge < -0.3 is 14.4 Å². The molecule has 152 valence electrons. The van der Waals surface area contributed by atoms with Gasteiger partial charge in [0, 0.05) is 22.6 Å². The van der Waals surface area contributed by atoms with Gasteiger partial charge in [-0.25, -0.2) is 5.01 Å². The number of nitrogens with zero attached hydrogens (tertiary/aromatic N) is 2. The van der Waals surface area contributed by atoms with E-state index in [1.54, 1.807) is 12.0 Å². The Hall–Kier alpha value is -2.24. The van der Waals surface area contributed by atoms with E-state index in [-0.39, 0.29) is 6.04 Å². The summed E-state index contributed by atoms with van der Waals surface area (Å²) in [4.78, 5) is 1.62. The van der Waals surface area contributed by atoms with Gasteiger partial charge in [0.15, 0.2) is 11.5 Å². The number of fused-ring (bicyclic) bond motifs is 4. The van der Waals surface area contributed by atoms with E-state index in [9.17, 15) is 0 Å². The van der Waals surface area contributed by atoms with Gasteiger partial charge in [0.05, 0.1) is 51.3 Å². The number of hydrogen-bond acceptors (Lipinski definition) is 4. The maximum Gasteiger partial charge on any atom is 0.209 e. The van der Waals surface area contributed by atoms with E-state index < -0.39 is 5.72 Å². The van der Waals surface area contributed by atoms with Crippen LogP contribution in [0.25, 0.3) is 0 Å². The molecule has 6 heteroatoms. The minimum absolute atomic E-state index is 0.142. The largest absolute Gasteiger partial charge is 0.493 e. The summed E-state index contributed by atoms with van der Waals surface area (Å²) in [6.07, 6.45) is 2.71. The van der Waals surface area contributed by atoms with E-state index in [0.717, 1.165) is 72.3 Å². The summed E-state index contributed by atoms with van der Waals surface area (Å²) in [5.74, 6) is 1.68. The third-order valence-electron chi connectivity index (χ3n) is 6.63. The van der Waals surface area contributed by atoms with Gasteiger partial charge in [-0.05, 0) is 19.1 Å². The van der Waals surface area contributed by atoms with Gasteiger partial charge in [0.2, 0.25) is 5.72 Å². The molecule has 1 N–H and O–H groups in total. The Morgan fingerprint density at radius 1 is 1.21 bits per heavy atom. The molecule has 0 unspecified atom stereocenters. The number of benzene rings is 2. The van der Waals surface area contributed by atoms with Crippen molar-refractivity contribution in [2.45, 2.75) is 38.0 Å². The summed E-state index contributed by atoms with van der Waals surface area (Å²) in [6, 6.07) is 14.3. The molecule has 5 nitrogen and oxygen atoms in total. The first-order valence-corrected chi connectivity index (χ1v) is 10.8. The summed E-state index contributed by atoms with van der Waals surface area (Å²) in [5, 5.41) is 8.10. The third-order valence-corrected chi connectivity index (χ3v) is 6.96. The van der Waals surface area contributed by atoms with Crippen molar-refractivity contribution in [3.8, 4) is 11.5 Å². The number of para-hydroxylation sites is 1. The lowest BCUT2D eigenvalue weighted by Crippen LogP contribution is -3.13. The lowest BCUT2D eigenvalue weighted by molar-refractivity contribution is -0.906. The SMILES string of the molecule is CC[NH+]1CCC2(CC1)Oc1c(OC)cccc1[C@@H]1CC(c3ccccc3Cl)=NN12. The smallest absolute Gasteiger partial charge is 0.209 e. The third kappa shape index (κ3) is 2.99. The Balaban J connectivity index is 1.60. The van der Waals surface area contributed by atoms with Crippen LogP contribution in [0.4, 0.5) is 0 Å². The molecule has 3 aliphatic rings. The molecule has 5 rings (SSSR count). The highest BCUT2D eigenvalue weighted by Gasteiger charge is 2.53. The number of quaternary nitrogens is 1. The number of halogens is 1. The second-order valence-electron chi connectivity index (χ2n) is 8.12. The van der Waals surface area contributed by atoms with Crippen LogP contribution in [0.5, 0.6) is 11.5 Å². The van der Waals surface area contributed by atoms with Crippen molar-refractivity contribution in [3.05, 3.63) is 58.6 Å². The fourth-order valence-electron chi connectivity index (χ4n) is 4.97. The van der Waals surface area contributed by atoms with Crippen molar-refractivity contribution >= 4 is 17.3 Å². The maximum atomic E-state index is 6.75. The predicted molar refractivity (Wildman–Crippen MR) is 114 cm³/mol. The number of hydrogen-bond donors (Lipinski definition) is 1. The highest BCUT2D eigenvalue weighted by molar-refractivity contribution is 6.34. The van der Waals surface area contributed by atoms with E-state index in [1.165, 1.54) is 0 Å². The van der Waals surface area contributed by atoms with E-state index >= 15 is 0 Å². The van der Waals surface area contributed by atoms with Crippen LogP contribution in [0.2, 0.25) is 5.02 Å². The molecule has 0 aromatic heterocycles. The van der Waals surface area contributed by atoms with Crippen LogP contribution < -0.4 is 14.4 Å². The first-order chi connectivity index (χ1) is 14.1. The zero-order valence-corrected chi connectivity index (χ0v) is 17.7. The summed E-state index contributed by atoms with van der Waals surface area (Å²) in [6.45, 7) is 5.57. The Morgan fingerprint density at radius 2 is 2.00 bits per heavy atom. The van der Waals surface area contributed by atoms with Gasteiger partial charge in [0.1, 0.15) is 0 Å². The van der Waals surface area contributed by atoms with Crippen LogP contribution >= 0.6 is 11.6 Å². The molecule has 0 bridgehead atoms. The second-order valence-corrected chi connectivity index (χ2v) is 8.53. The molecule has 3 aliphatic heterocycles. The molecule has 2 aromatic carbocycles. The second kappa shape index (κ2) is 7.22. The monoisotopic (exact) mass is 412 g/mol. The molecular formula is C23H27ClN3O2+. The molecule has 1 spiro atoms. The minimum atomic E-state index is -0.423. The van der Waals surface area contributed by atoms with Gasteiger partial charge in [-0.1, -0.05) is 41.9 Å². The van der Waals surface area contributed by atoms with Crippen molar-refractivity contribution < 1.29 is 14.4 Å². The van der Waals surface area contributed by atoms with Crippen LogP contribution in [-0.4, -0.2) is 43.2 Å². The molecular weight excluding hydrogens is 386 g/mol. The highest BCUT2D eigenvalue weighted by Crippen LogP contribution is 2.52. The van der Waals surface area contributed by atoms with Crippen LogP contribution in [0.1, 0.15) is 43.4 Å². The minimum Gasteiger partial charge on any atom is -0.493 e. The molecule has 3 heterocycles. The molecule has 0 radical (unpaired) electrons. The van der Waals surface area contributed by atoms with Gasteiger partial charge in [0.25, 0.3) is 0 Å². The molecule has 0 aliphatic carbocycles. The van der Waals surface area contributed by atoms with E-state index in [1.807, 2.05) is 30.3 Å². The molecule has 1 atom stereocenters. The van der Waals surface area contributed by atoms with Crippen molar-refractivity contribution in [1.29, 1.82) is 0 Å². The number of nitrogens with one attached hydrogen (secondary N) is 1. The van der Waals surface area contributed by atoms with Crippen molar-refractivity contribution in [2.24, 2.45) is 5.10 Å². The van der Waals surface area contributed by atoms with Crippen LogP contribution in [0.15, 0.2) is 47.6 Å². The summed E-state index contributed by atoms with van der Waals surface area (Å²) < 4.78 is 12.4. The fraction of sp³-hybridized carbons (Fsp3) is 0.435. The Kier molecular flexibility index (Phi) is 4.67. The molecule has 1 saturated heterocycles. The first kappa shape index (κ1) is 18.8. The van der Waals surface area contributed by atoms with Crippen LogP contribution in [0.3, 0.4) is 0 Å². The van der Waals surface area contributed by atoms with Gasteiger partial charge in [-0.3, -0.25) is 0 Å². The normalized spacial score (nSPS) is 27.8. The number of rotatable bonds is 3. The van der Waals surface area contributed by atoms with Gasteiger partial charge in [-0.2, -0.15) is 5.10 Å². The van der Waals surface area contributed by atoms with E-state index in [2.05, 4.69) is 24.1 Å². The van der Waals surface area contributed by atoms with Crippen molar-refractivity contribution in [1.82, 2.24) is 5.01 Å². The fourth-order valence-corrected chi connectivity index (χ4v) is 5.21. The zero-order chi connectivity index (χ0) is 20.0. The standard InChI is InChI=1S/C23H26ClN3O2/c1-3-26-13-11-23(12-14-26)27-20(17-8-6-10-21(28-2)22(17)29-23)15-19(25-27)16-7-4-5-9-18(16)24/h4-10,20H,3,11-15H2,1-2H3/p+1/t20-/m0/s1. The average Bonchev–Trinajstić information content (AvgIpc) is 3.21. The van der Waals surface area contributed by atoms with Crippen LogP contribution in [-0.2, 0) is 0 Å². The number of piperidine rings is 1. The topological polar surface area (TPSA) is 38.5 Å². The van der Waals surface area contributed by atoms with Crippen molar-refractivity contribution in [3.63, 3.8) is 0 Å². The van der Waals surface area contributed by atoms with Crippen molar-refractivity contribution in [2.75, 3.05) is 26.7 Å².